The van der Waals surface area contributed by atoms with E-state index in [0.717, 1.165) is 5.56 Å². The Bertz CT molecular complexity index is 598. The molecule has 2 N–H and O–H groups in total. The lowest BCUT2D eigenvalue weighted by Crippen LogP contribution is -2.44. The molecule has 1 saturated heterocycles. The van der Waals surface area contributed by atoms with Crippen molar-refractivity contribution in [3.8, 4) is 0 Å². The first-order valence-corrected chi connectivity index (χ1v) is 7.77. The van der Waals surface area contributed by atoms with E-state index in [1.165, 1.54) is 23.3 Å². The van der Waals surface area contributed by atoms with Crippen LogP contribution in [0.1, 0.15) is 28.8 Å². The number of anilines is 1. The lowest BCUT2D eigenvalue weighted by Gasteiger charge is -2.30. The van der Waals surface area contributed by atoms with Crippen LogP contribution in [-0.2, 0) is 9.53 Å². The number of amides is 2. The van der Waals surface area contributed by atoms with Gasteiger partial charge in [0.2, 0.25) is 0 Å². The van der Waals surface area contributed by atoms with Crippen molar-refractivity contribution in [2.45, 2.75) is 19.8 Å². The number of hydrogen-bond donors (Lipinski definition) is 2. The second kappa shape index (κ2) is 6.78. The number of carbonyl (C=O) groups excluding carboxylic acids is 2. The number of esters is 1. The standard InChI is InChI=1S/C14H18N2O5S/c1-8-7-22-11(10(8)13(19)21-2)15-14(20)16-5-3-4-9(6-16)12(17)18/h7,9H,3-6H2,1-2H3,(H,15,20)(H,17,18). The fourth-order valence-electron chi connectivity index (χ4n) is 2.43. The molecule has 1 fully saturated rings. The molecule has 1 unspecified atom stereocenters. The molecule has 1 aliphatic heterocycles. The molecule has 8 heteroatoms. The van der Waals surface area contributed by atoms with Crippen molar-refractivity contribution in [2.75, 3.05) is 25.5 Å². The average molecular weight is 326 g/mol. The third kappa shape index (κ3) is 3.38. The SMILES string of the molecule is COC(=O)c1c(C)csc1NC(=O)N1CCCC(C(=O)O)C1. The number of methoxy groups -OCH3 is 1. The first kappa shape index (κ1) is 16.3. The molecular weight excluding hydrogens is 308 g/mol. The van der Waals surface area contributed by atoms with Crippen LogP contribution in [0.25, 0.3) is 0 Å². The van der Waals surface area contributed by atoms with Gasteiger partial charge in [0.05, 0.1) is 18.6 Å². The van der Waals surface area contributed by atoms with Crippen molar-refractivity contribution in [3.63, 3.8) is 0 Å². The zero-order valence-corrected chi connectivity index (χ0v) is 13.2. The monoisotopic (exact) mass is 326 g/mol. The fraction of sp³-hybridized carbons (Fsp3) is 0.500. The van der Waals surface area contributed by atoms with E-state index in [2.05, 4.69) is 5.32 Å². The molecule has 0 bridgehead atoms. The third-order valence-corrected chi connectivity index (χ3v) is 4.66. The van der Waals surface area contributed by atoms with Crippen LogP contribution >= 0.6 is 11.3 Å². The number of piperidine rings is 1. The number of aliphatic carboxylic acids is 1. The zero-order chi connectivity index (χ0) is 16.3. The zero-order valence-electron chi connectivity index (χ0n) is 12.4. The summed E-state index contributed by atoms with van der Waals surface area (Å²) in [6, 6.07) is -0.391. The van der Waals surface area contributed by atoms with Crippen molar-refractivity contribution in [1.82, 2.24) is 4.90 Å². The van der Waals surface area contributed by atoms with Crippen molar-refractivity contribution in [2.24, 2.45) is 5.92 Å². The minimum Gasteiger partial charge on any atom is -0.481 e. The summed E-state index contributed by atoms with van der Waals surface area (Å²) >= 11 is 1.24. The summed E-state index contributed by atoms with van der Waals surface area (Å²) in [7, 11) is 1.28. The molecule has 22 heavy (non-hydrogen) atoms. The van der Waals surface area contributed by atoms with E-state index >= 15 is 0 Å². The van der Waals surface area contributed by atoms with Crippen molar-refractivity contribution in [1.29, 1.82) is 0 Å². The molecule has 1 aromatic heterocycles. The van der Waals surface area contributed by atoms with E-state index in [1.54, 1.807) is 12.3 Å². The minimum absolute atomic E-state index is 0.180. The molecule has 120 valence electrons. The number of urea groups is 1. The molecule has 2 heterocycles. The molecular formula is C14H18N2O5S. The van der Waals surface area contributed by atoms with Gasteiger partial charge in [0, 0.05) is 13.1 Å². The number of likely N-dealkylation sites (tertiary alicyclic amines) is 1. The fourth-order valence-corrected chi connectivity index (χ4v) is 3.35. The predicted molar refractivity (Wildman–Crippen MR) is 81.3 cm³/mol. The average Bonchev–Trinajstić information content (AvgIpc) is 2.87. The number of carboxylic acids is 1. The quantitative estimate of drug-likeness (QED) is 0.830. The van der Waals surface area contributed by atoms with Crippen LogP contribution in [0, 0.1) is 12.8 Å². The van der Waals surface area contributed by atoms with Crippen molar-refractivity contribution >= 4 is 34.3 Å². The molecule has 1 aliphatic rings. The largest absolute Gasteiger partial charge is 0.481 e. The van der Waals surface area contributed by atoms with Gasteiger partial charge < -0.3 is 14.7 Å². The summed E-state index contributed by atoms with van der Waals surface area (Å²) in [5.74, 6) is -1.93. The Hall–Kier alpha value is -2.09. The lowest BCUT2D eigenvalue weighted by atomic mass is 9.99. The first-order valence-electron chi connectivity index (χ1n) is 6.89. The number of hydrogen-bond acceptors (Lipinski definition) is 5. The highest BCUT2D eigenvalue weighted by Gasteiger charge is 2.29. The number of nitrogens with one attached hydrogen (secondary N) is 1. The molecule has 0 spiro atoms. The summed E-state index contributed by atoms with van der Waals surface area (Å²) < 4.78 is 4.72. The highest BCUT2D eigenvalue weighted by molar-refractivity contribution is 7.15. The van der Waals surface area contributed by atoms with Crippen molar-refractivity contribution < 1.29 is 24.2 Å². The predicted octanol–water partition coefficient (Wildman–Crippen LogP) is 2.17. The van der Waals surface area contributed by atoms with Crippen LogP contribution in [-0.4, -0.2) is 48.2 Å². The Morgan fingerprint density at radius 2 is 2.18 bits per heavy atom. The van der Waals surface area contributed by atoms with Crippen molar-refractivity contribution in [3.05, 3.63) is 16.5 Å². The highest BCUT2D eigenvalue weighted by Crippen LogP contribution is 2.29. The molecule has 2 rings (SSSR count). The van der Waals surface area contributed by atoms with Crippen LogP contribution in [0.2, 0.25) is 0 Å². The van der Waals surface area contributed by atoms with E-state index in [4.69, 9.17) is 9.84 Å². The van der Waals surface area contributed by atoms with Gasteiger partial charge in [0.1, 0.15) is 5.00 Å². The Kier molecular flexibility index (Phi) is 5.02. The molecule has 1 atom stereocenters. The number of ether oxygens (including phenoxy) is 1. The second-order valence-electron chi connectivity index (χ2n) is 5.17. The van der Waals surface area contributed by atoms with E-state index < -0.39 is 23.9 Å². The van der Waals surface area contributed by atoms with Gasteiger partial charge in [-0.1, -0.05) is 0 Å². The lowest BCUT2D eigenvalue weighted by molar-refractivity contribution is -0.143. The molecule has 0 radical (unpaired) electrons. The Morgan fingerprint density at radius 1 is 1.45 bits per heavy atom. The summed E-state index contributed by atoms with van der Waals surface area (Å²) in [6.07, 6.45) is 1.22. The van der Waals surface area contributed by atoms with Crippen LogP contribution in [0.3, 0.4) is 0 Å². The Morgan fingerprint density at radius 3 is 2.82 bits per heavy atom. The summed E-state index contributed by atoms with van der Waals surface area (Å²) in [4.78, 5) is 36.6. The summed E-state index contributed by atoms with van der Waals surface area (Å²) in [6.45, 7) is 2.45. The number of carboxylic acid groups (broad SMARTS) is 1. The van der Waals surface area contributed by atoms with Gasteiger partial charge in [-0.25, -0.2) is 9.59 Å². The Labute approximate surface area is 131 Å². The number of nitrogens with zero attached hydrogens (tertiary/aromatic N) is 1. The normalized spacial score (nSPS) is 17.9. The number of carbonyl (C=O) groups is 3. The molecule has 1 aromatic rings. The van der Waals surface area contributed by atoms with E-state index in [1.807, 2.05) is 0 Å². The molecule has 7 nitrogen and oxygen atoms in total. The van der Waals surface area contributed by atoms with Gasteiger partial charge in [-0.05, 0) is 30.7 Å². The maximum atomic E-state index is 12.3. The number of thiophene rings is 1. The number of rotatable bonds is 3. The number of aryl methyl sites for hydroxylation is 1. The smallest absolute Gasteiger partial charge is 0.341 e. The maximum absolute atomic E-state index is 12.3. The molecule has 0 aliphatic carbocycles. The maximum Gasteiger partial charge on any atom is 0.341 e. The highest BCUT2D eigenvalue weighted by atomic mass is 32.1. The van der Waals surface area contributed by atoms with Crippen LogP contribution in [0.15, 0.2) is 5.38 Å². The summed E-state index contributed by atoms with van der Waals surface area (Å²) in [5, 5.41) is 13.9. The Balaban J connectivity index is 2.09. The van der Waals surface area contributed by atoms with Crippen LogP contribution in [0.4, 0.5) is 9.80 Å². The van der Waals surface area contributed by atoms with Gasteiger partial charge in [0.15, 0.2) is 0 Å². The molecule has 0 aromatic carbocycles. The van der Waals surface area contributed by atoms with E-state index in [-0.39, 0.29) is 6.54 Å². The minimum atomic E-state index is -0.889. The van der Waals surface area contributed by atoms with E-state index in [9.17, 15) is 14.4 Å². The van der Waals surface area contributed by atoms with Gasteiger partial charge >= 0.3 is 18.0 Å². The second-order valence-corrected chi connectivity index (χ2v) is 6.05. The van der Waals surface area contributed by atoms with Gasteiger partial charge in [-0.2, -0.15) is 0 Å². The molecule has 2 amide bonds. The van der Waals surface area contributed by atoms with Crippen LogP contribution in [0.5, 0.6) is 0 Å². The third-order valence-electron chi connectivity index (χ3n) is 3.64. The molecule has 0 saturated carbocycles. The topological polar surface area (TPSA) is 95.9 Å². The van der Waals surface area contributed by atoms with Gasteiger partial charge in [0.25, 0.3) is 0 Å². The van der Waals surface area contributed by atoms with Gasteiger partial charge in [-0.3, -0.25) is 10.1 Å². The first-order chi connectivity index (χ1) is 10.4. The van der Waals surface area contributed by atoms with Gasteiger partial charge in [-0.15, -0.1) is 11.3 Å². The summed E-state index contributed by atoms with van der Waals surface area (Å²) in [5.41, 5.74) is 1.07. The van der Waals surface area contributed by atoms with Crippen LogP contribution < -0.4 is 5.32 Å². The van der Waals surface area contributed by atoms with E-state index in [0.29, 0.717) is 30.0 Å².